The summed E-state index contributed by atoms with van der Waals surface area (Å²) in [5.41, 5.74) is 4.08. The summed E-state index contributed by atoms with van der Waals surface area (Å²) in [5.74, 6) is 0.833. The van der Waals surface area contributed by atoms with Gasteiger partial charge in [-0.3, -0.25) is 9.89 Å². The maximum absolute atomic E-state index is 4.57. The van der Waals surface area contributed by atoms with E-state index in [0.717, 1.165) is 42.7 Å². The Morgan fingerprint density at radius 2 is 2.04 bits per heavy atom. The molecule has 0 aliphatic carbocycles. The Morgan fingerprint density at radius 1 is 1.27 bits per heavy atom. The van der Waals surface area contributed by atoms with Gasteiger partial charge in [-0.25, -0.2) is 4.98 Å². The van der Waals surface area contributed by atoms with Crippen LogP contribution in [0.4, 0.5) is 0 Å². The lowest BCUT2D eigenvalue weighted by Gasteiger charge is -2.34. The van der Waals surface area contributed by atoms with Crippen LogP contribution in [0.25, 0.3) is 0 Å². The molecule has 0 saturated heterocycles. The van der Waals surface area contributed by atoms with Crippen LogP contribution in [0.2, 0.25) is 0 Å². The van der Waals surface area contributed by atoms with E-state index in [1.54, 1.807) is 11.3 Å². The van der Waals surface area contributed by atoms with E-state index in [1.165, 1.54) is 16.0 Å². The third kappa shape index (κ3) is 4.62. The van der Waals surface area contributed by atoms with E-state index >= 15 is 0 Å². The number of nitrogens with one attached hydrogen (secondary N) is 2. The van der Waals surface area contributed by atoms with Gasteiger partial charge in [0.2, 0.25) is 0 Å². The third-order valence-electron chi connectivity index (χ3n) is 5.05. The van der Waals surface area contributed by atoms with Crippen LogP contribution < -0.4 is 10.6 Å². The second-order valence-corrected chi connectivity index (χ2v) is 8.18. The van der Waals surface area contributed by atoms with Crippen molar-refractivity contribution in [1.82, 2.24) is 20.5 Å². The van der Waals surface area contributed by atoms with Crippen LogP contribution in [0.3, 0.4) is 0 Å². The van der Waals surface area contributed by atoms with Crippen molar-refractivity contribution < 1.29 is 0 Å². The zero-order valence-electron chi connectivity index (χ0n) is 16.2. The van der Waals surface area contributed by atoms with Gasteiger partial charge in [0.05, 0.1) is 12.2 Å². The quantitative estimate of drug-likeness (QED) is 0.627. The molecule has 1 atom stereocenters. The Labute approximate surface area is 160 Å². The average Bonchev–Trinajstić information content (AvgIpc) is 2.99. The van der Waals surface area contributed by atoms with Gasteiger partial charge in [0, 0.05) is 37.6 Å². The number of hydrogen-bond donors (Lipinski definition) is 2. The van der Waals surface area contributed by atoms with E-state index in [1.807, 2.05) is 7.05 Å². The normalized spacial score (nSPS) is 16.2. The molecule has 26 heavy (non-hydrogen) atoms. The molecule has 0 bridgehead atoms. The summed E-state index contributed by atoms with van der Waals surface area (Å²) in [7, 11) is 1.81. The Morgan fingerprint density at radius 3 is 2.73 bits per heavy atom. The molecule has 1 unspecified atom stereocenters. The minimum Gasteiger partial charge on any atom is -0.355 e. The highest BCUT2D eigenvalue weighted by Gasteiger charge is 2.20. The predicted molar refractivity (Wildman–Crippen MR) is 110 cm³/mol. The molecule has 0 saturated carbocycles. The van der Waals surface area contributed by atoms with Crippen molar-refractivity contribution in [3.8, 4) is 0 Å². The molecule has 1 aromatic heterocycles. The molecule has 1 aromatic carbocycles. The highest BCUT2D eigenvalue weighted by molar-refractivity contribution is 7.11. The van der Waals surface area contributed by atoms with Crippen molar-refractivity contribution in [3.63, 3.8) is 0 Å². The van der Waals surface area contributed by atoms with Gasteiger partial charge in [-0.05, 0) is 38.3 Å². The van der Waals surface area contributed by atoms with Crippen molar-refractivity contribution in [2.45, 2.75) is 46.3 Å². The molecular weight excluding hydrogens is 342 g/mol. The Kier molecular flexibility index (Phi) is 6.27. The molecule has 2 N–H and O–H groups in total. The molecule has 0 radical (unpaired) electrons. The van der Waals surface area contributed by atoms with Crippen LogP contribution in [0.5, 0.6) is 0 Å². The minimum absolute atomic E-state index is 0.450. The highest BCUT2D eigenvalue weighted by atomic mass is 32.1. The van der Waals surface area contributed by atoms with Gasteiger partial charge in [0.1, 0.15) is 5.01 Å². The summed E-state index contributed by atoms with van der Waals surface area (Å²) in [6.45, 7) is 10.2. The molecular formula is C20H29N5S. The van der Waals surface area contributed by atoms with Crippen molar-refractivity contribution in [3.05, 3.63) is 51.0 Å². The molecule has 1 aliphatic rings. The second kappa shape index (κ2) is 8.64. The van der Waals surface area contributed by atoms with Crippen molar-refractivity contribution in [2.75, 3.05) is 20.1 Å². The van der Waals surface area contributed by atoms with Gasteiger partial charge >= 0.3 is 0 Å². The van der Waals surface area contributed by atoms with E-state index in [4.69, 9.17) is 0 Å². The van der Waals surface area contributed by atoms with Crippen molar-refractivity contribution in [2.24, 2.45) is 4.99 Å². The molecule has 0 fully saturated rings. The van der Waals surface area contributed by atoms with Gasteiger partial charge in [0.15, 0.2) is 5.96 Å². The first-order valence-corrected chi connectivity index (χ1v) is 10.1. The van der Waals surface area contributed by atoms with Crippen molar-refractivity contribution in [1.29, 1.82) is 0 Å². The Hall–Kier alpha value is -1.92. The molecule has 140 valence electrons. The first kappa shape index (κ1) is 18.9. The lowest BCUT2D eigenvalue weighted by atomic mass is 9.99. The van der Waals surface area contributed by atoms with Gasteiger partial charge < -0.3 is 10.6 Å². The molecule has 0 spiro atoms. The number of thiazole rings is 1. The van der Waals surface area contributed by atoms with Gasteiger partial charge in [0.25, 0.3) is 0 Å². The topological polar surface area (TPSA) is 52.6 Å². The summed E-state index contributed by atoms with van der Waals surface area (Å²) in [5, 5.41) is 7.93. The van der Waals surface area contributed by atoms with E-state index in [2.05, 4.69) is 70.5 Å². The fourth-order valence-electron chi connectivity index (χ4n) is 3.26. The second-order valence-electron chi connectivity index (χ2n) is 6.89. The van der Waals surface area contributed by atoms with Gasteiger partial charge in [-0.2, -0.15) is 0 Å². The van der Waals surface area contributed by atoms with Crippen LogP contribution in [-0.4, -0.2) is 42.0 Å². The van der Waals surface area contributed by atoms with E-state index in [0.29, 0.717) is 12.6 Å². The van der Waals surface area contributed by atoms with Crippen LogP contribution in [-0.2, 0) is 19.5 Å². The fourth-order valence-corrected chi connectivity index (χ4v) is 4.14. The Bertz CT molecular complexity index is 748. The molecule has 2 heterocycles. The minimum atomic E-state index is 0.450. The highest BCUT2D eigenvalue weighted by Crippen LogP contribution is 2.20. The summed E-state index contributed by atoms with van der Waals surface area (Å²) < 4.78 is 0. The SMILES string of the molecule is CN=C(NCc1nc(C)c(C)s1)NCC(C)N1CCc2ccccc2C1. The number of aryl methyl sites for hydroxylation is 2. The first-order chi connectivity index (χ1) is 12.6. The monoisotopic (exact) mass is 371 g/mol. The standard InChI is InChI=1S/C20H29N5S/c1-14(25-10-9-17-7-5-6-8-18(17)13-25)11-22-20(21-4)23-12-19-24-15(2)16(3)26-19/h5-8,14H,9-13H2,1-4H3,(H2,21,22,23). The van der Waals surface area contributed by atoms with E-state index in [-0.39, 0.29) is 0 Å². The summed E-state index contributed by atoms with van der Waals surface area (Å²) in [4.78, 5) is 12.7. The number of benzene rings is 1. The maximum atomic E-state index is 4.57. The largest absolute Gasteiger partial charge is 0.355 e. The first-order valence-electron chi connectivity index (χ1n) is 9.25. The number of nitrogens with zero attached hydrogens (tertiary/aromatic N) is 3. The summed E-state index contributed by atoms with van der Waals surface area (Å²) in [6.07, 6.45) is 1.14. The number of aromatic nitrogens is 1. The number of fused-ring (bicyclic) bond motifs is 1. The van der Waals surface area contributed by atoms with Crippen LogP contribution in [0.1, 0.15) is 33.6 Å². The lowest BCUT2D eigenvalue weighted by molar-refractivity contribution is 0.191. The van der Waals surface area contributed by atoms with Crippen LogP contribution in [0.15, 0.2) is 29.3 Å². The summed E-state index contributed by atoms with van der Waals surface area (Å²) in [6, 6.07) is 9.23. The summed E-state index contributed by atoms with van der Waals surface area (Å²) >= 11 is 1.74. The third-order valence-corrected chi connectivity index (χ3v) is 6.12. The molecule has 5 nitrogen and oxygen atoms in total. The zero-order chi connectivity index (χ0) is 18.5. The zero-order valence-corrected chi connectivity index (χ0v) is 17.0. The van der Waals surface area contributed by atoms with Gasteiger partial charge in [-0.1, -0.05) is 24.3 Å². The number of rotatable bonds is 5. The average molecular weight is 372 g/mol. The van der Waals surface area contributed by atoms with Crippen molar-refractivity contribution >= 4 is 17.3 Å². The van der Waals surface area contributed by atoms with E-state index < -0.39 is 0 Å². The lowest BCUT2D eigenvalue weighted by Crippen LogP contribution is -2.47. The Balaban J connectivity index is 1.47. The van der Waals surface area contributed by atoms with Crippen LogP contribution >= 0.6 is 11.3 Å². The molecule has 6 heteroatoms. The van der Waals surface area contributed by atoms with Gasteiger partial charge in [-0.15, -0.1) is 11.3 Å². The fraction of sp³-hybridized carbons (Fsp3) is 0.500. The van der Waals surface area contributed by atoms with E-state index in [9.17, 15) is 0 Å². The molecule has 3 rings (SSSR count). The molecule has 2 aromatic rings. The number of guanidine groups is 1. The molecule has 0 amide bonds. The maximum Gasteiger partial charge on any atom is 0.191 e. The predicted octanol–water partition coefficient (Wildman–Crippen LogP) is 2.87. The number of aliphatic imine (C=N–C) groups is 1. The van der Waals surface area contributed by atoms with Crippen LogP contribution in [0, 0.1) is 13.8 Å². The smallest absolute Gasteiger partial charge is 0.191 e. The molecule has 1 aliphatic heterocycles. The number of hydrogen-bond acceptors (Lipinski definition) is 4.